The van der Waals surface area contributed by atoms with Gasteiger partial charge in [0.2, 0.25) is 11.8 Å². The van der Waals surface area contributed by atoms with Crippen LogP contribution in [0.1, 0.15) is 62.1 Å². The molecule has 3 aromatic rings. The Kier molecular flexibility index (Phi) is 11.8. The Morgan fingerprint density at radius 1 is 0.956 bits per heavy atom. The van der Waals surface area contributed by atoms with Crippen molar-refractivity contribution in [3.8, 4) is 5.75 Å². The van der Waals surface area contributed by atoms with Crippen LogP contribution in [-0.2, 0) is 26.2 Å². The van der Waals surface area contributed by atoms with Crippen LogP contribution >= 0.6 is 23.2 Å². The summed E-state index contributed by atoms with van der Waals surface area (Å²) in [4.78, 5) is 29.7. The summed E-state index contributed by atoms with van der Waals surface area (Å²) in [7, 11) is -2.81. The molecule has 2 amide bonds. The number of nitrogens with one attached hydrogen (secondary N) is 1. The van der Waals surface area contributed by atoms with Gasteiger partial charge in [0.25, 0.3) is 10.0 Å². The van der Waals surface area contributed by atoms with E-state index in [0.29, 0.717) is 22.0 Å². The number of carbonyl (C=O) groups excluding carboxylic acids is 2. The van der Waals surface area contributed by atoms with Crippen molar-refractivity contribution >= 4 is 50.7 Å². The number of sulfonamides is 1. The van der Waals surface area contributed by atoms with Gasteiger partial charge in [-0.25, -0.2) is 8.42 Å². The minimum Gasteiger partial charge on any atom is -0.495 e. The molecule has 4 rings (SSSR count). The van der Waals surface area contributed by atoms with Crippen LogP contribution in [0.5, 0.6) is 5.75 Å². The third kappa shape index (κ3) is 8.31. The highest BCUT2D eigenvalue weighted by molar-refractivity contribution is 7.92. The third-order valence-electron chi connectivity index (χ3n) is 8.22. The number of ether oxygens (including phenoxy) is 1. The van der Waals surface area contributed by atoms with Gasteiger partial charge in [-0.3, -0.25) is 13.9 Å². The Bertz CT molecular complexity index is 1590. The van der Waals surface area contributed by atoms with Crippen molar-refractivity contribution in [3.63, 3.8) is 0 Å². The summed E-state index contributed by atoms with van der Waals surface area (Å²) in [6.07, 6.45) is 5.25. The molecule has 0 bridgehead atoms. The highest BCUT2D eigenvalue weighted by atomic mass is 35.5. The average molecular weight is 675 g/mol. The van der Waals surface area contributed by atoms with Gasteiger partial charge in [0, 0.05) is 28.2 Å². The quantitative estimate of drug-likeness (QED) is 0.222. The Morgan fingerprint density at radius 3 is 2.18 bits per heavy atom. The smallest absolute Gasteiger partial charge is 0.264 e. The topological polar surface area (TPSA) is 96.0 Å². The monoisotopic (exact) mass is 673 g/mol. The molecule has 0 aromatic heterocycles. The van der Waals surface area contributed by atoms with Gasteiger partial charge in [0.15, 0.2) is 0 Å². The predicted octanol–water partition coefficient (Wildman–Crippen LogP) is 7.07. The molecule has 0 aliphatic heterocycles. The summed E-state index contributed by atoms with van der Waals surface area (Å²) < 4.78 is 35.1. The van der Waals surface area contributed by atoms with Gasteiger partial charge >= 0.3 is 0 Å². The number of halogens is 2. The van der Waals surface area contributed by atoms with Crippen LogP contribution in [0, 0.1) is 13.8 Å². The molecule has 8 nitrogen and oxygen atoms in total. The molecular formula is C34H41Cl2N3O5S. The van der Waals surface area contributed by atoms with E-state index in [2.05, 4.69) is 5.32 Å². The molecule has 1 atom stereocenters. The van der Waals surface area contributed by atoms with Crippen molar-refractivity contribution < 1.29 is 22.7 Å². The summed E-state index contributed by atoms with van der Waals surface area (Å²) >= 11 is 13.1. The largest absolute Gasteiger partial charge is 0.495 e. The van der Waals surface area contributed by atoms with E-state index >= 15 is 0 Å². The maximum absolute atomic E-state index is 14.5. The van der Waals surface area contributed by atoms with Crippen molar-refractivity contribution in [3.05, 3.63) is 87.4 Å². The van der Waals surface area contributed by atoms with E-state index in [1.807, 2.05) is 20.8 Å². The van der Waals surface area contributed by atoms with Crippen LogP contribution < -0.4 is 14.4 Å². The number of hydrogen-bond donors (Lipinski definition) is 1. The number of rotatable bonds is 12. The number of hydrogen-bond acceptors (Lipinski definition) is 5. The van der Waals surface area contributed by atoms with Gasteiger partial charge in [-0.05, 0) is 75.1 Å². The number of benzene rings is 3. The van der Waals surface area contributed by atoms with E-state index in [9.17, 15) is 18.0 Å². The minimum absolute atomic E-state index is 0.0206. The lowest BCUT2D eigenvalue weighted by Gasteiger charge is -2.35. The number of carbonyl (C=O) groups is 2. The van der Waals surface area contributed by atoms with Crippen molar-refractivity contribution in [2.45, 2.75) is 82.8 Å². The lowest BCUT2D eigenvalue weighted by molar-refractivity contribution is -0.140. The first-order chi connectivity index (χ1) is 21.5. The molecule has 11 heteroatoms. The second-order valence-electron chi connectivity index (χ2n) is 11.5. The Labute approximate surface area is 276 Å². The summed E-state index contributed by atoms with van der Waals surface area (Å²) in [6, 6.07) is 15.7. The van der Waals surface area contributed by atoms with Crippen LogP contribution in [0.15, 0.2) is 65.6 Å². The fourth-order valence-corrected chi connectivity index (χ4v) is 7.60. The molecule has 0 saturated heterocycles. The molecule has 1 unspecified atom stereocenters. The summed E-state index contributed by atoms with van der Waals surface area (Å²) in [6.45, 7) is 4.84. The number of amides is 2. The molecule has 1 fully saturated rings. The molecule has 242 valence electrons. The second-order valence-corrected chi connectivity index (χ2v) is 14.2. The Balaban J connectivity index is 1.79. The van der Waals surface area contributed by atoms with E-state index in [4.69, 9.17) is 27.9 Å². The molecule has 1 aliphatic carbocycles. The summed E-state index contributed by atoms with van der Waals surface area (Å²) in [5.74, 6) is -0.593. The average Bonchev–Trinajstić information content (AvgIpc) is 3.01. The normalized spacial score (nSPS) is 14.4. The second kappa shape index (κ2) is 15.3. The lowest BCUT2D eigenvalue weighted by Crippen LogP contribution is -2.54. The third-order valence-corrected chi connectivity index (χ3v) is 10.7. The molecule has 3 aromatic carbocycles. The van der Waals surface area contributed by atoms with E-state index in [0.717, 1.165) is 47.5 Å². The molecule has 1 aliphatic rings. The van der Waals surface area contributed by atoms with Gasteiger partial charge in [0.05, 0.1) is 17.7 Å². The molecule has 1 N–H and O–H groups in total. The Morgan fingerprint density at radius 2 is 1.58 bits per heavy atom. The van der Waals surface area contributed by atoms with Crippen molar-refractivity contribution in [2.75, 3.05) is 18.0 Å². The summed E-state index contributed by atoms with van der Waals surface area (Å²) in [5, 5.41) is 3.82. The first-order valence-electron chi connectivity index (χ1n) is 15.2. The Hall–Kier alpha value is -3.27. The zero-order valence-electron chi connectivity index (χ0n) is 26.2. The SMILES string of the molecule is CCC(C(=O)NC1CCCCC1)N(Cc1c(Cl)cccc1Cl)C(=O)CN(c1cc(C)ccc1OC)S(=O)(=O)c1ccc(C)cc1. The maximum Gasteiger partial charge on any atom is 0.264 e. The molecule has 0 spiro atoms. The highest BCUT2D eigenvalue weighted by Gasteiger charge is 2.36. The van der Waals surface area contributed by atoms with Gasteiger partial charge in [-0.2, -0.15) is 0 Å². The van der Waals surface area contributed by atoms with Crippen LogP contribution in [0.2, 0.25) is 10.0 Å². The van der Waals surface area contributed by atoms with Gasteiger partial charge in [0.1, 0.15) is 18.3 Å². The van der Waals surface area contributed by atoms with E-state index in [1.54, 1.807) is 48.5 Å². The van der Waals surface area contributed by atoms with Crippen LogP contribution in [0.4, 0.5) is 5.69 Å². The van der Waals surface area contributed by atoms with Crippen LogP contribution in [-0.4, -0.2) is 50.9 Å². The number of anilines is 1. The van der Waals surface area contributed by atoms with Gasteiger partial charge in [-0.1, -0.05) is 79.2 Å². The van der Waals surface area contributed by atoms with Crippen LogP contribution in [0.25, 0.3) is 0 Å². The predicted molar refractivity (Wildman–Crippen MR) is 180 cm³/mol. The molecular weight excluding hydrogens is 633 g/mol. The number of aryl methyl sites for hydroxylation is 2. The van der Waals surface area contributed by atoms with E-state index in [-0.39, 0.29) is 34.8 Å². The first kappa shape index (κ1) is 34.6. The molecule has 0 heterocycles. The van der Waals surface area contributed by atoms with E-state index in [1.165, 1.54) is 24.1 Å². The zero-order chi connectivity index (χ0) is 32.7. The van der Waals surface area contributed by atoms with Crippen molar-refractivity contribution in [1.29, 1.82) is 0 Å². The fraction of sp³-hybridized carbons (Fsp3) is 0.412. The molecule has 45 heavy (non-hydrogen) atoms. The lowest BCUT2D eigenvalue weighted by atomic mass is 9.95. The van der Waals surface area contributed by atoms with E-state index < -0.39 is 28.5 Å². The van der Waals surface area contributed by atoms with Crippen molar-refractivity contribution in [2.24, 2.45) is 0 Å². The number of nitrogens with zero attached hydrogens (tertiary/aromatic N) is 2. The fourth-order valence-electron chi connectivity index (χ4n) is 5.66. The molecule has 1 saturated carbocycles. The molecule has 0 radical (unpaired) electrons. The standard InChI is InChI=1S/C34H41Cl2N3O5S/c1-5-30(34(41)37-25-10-7-6-8-11-25)38(21-27-28(35)12-9-13-29(27)36)33(40)22-39(31-20-24(3)16-19-32(31)44-4)45(42,43)26-17-14-23(2)15-18-26/h9,12-20,25,30H,5-8,10-11,21-22H2,1-4H3,(H,37,41). The van der Waals surface area contributed by atoms with Crippen molar-refractivity contribution in [1.82, 2.24) is 10.2 Å². The maximum atomic E-state index is 14.5. The van der Waals surface area contributed by atoms with Gasteiger partial charge in [-0.15, -0.1) is 0 Å². The first-order valence-corrected chi connectivity index (χ1v) is 17.4. The zero-order valence-corrected chi connectivity index (χ0v) is 28.5. The minimum atomic E-state index is -4.26. The highest BCUT2D eigenvalue weighted by Crippen LogP contribution is 2.34. The van der Waals surface area contributed by atoms with Gasteiger partial charge < -0.3 is 15.0 Å². The van der Waals surface area contributed by atoms with Crippen LogP contribution in [0.3, 0.4) is 0 Å². The number of methoxy groups -OCH3 is 1. The summed E-state index contributed by atoms with van der Waals surface area (Å²) in [5.41, 5.74) is 2.35.